The Kier molecular flexibility index (Phi) is 8.81. The van der Waals surface area contributed by atoms with E-state index in [0.29, 0.717) is 23.5 Å². The molecule has 2 rings (SSSR count). The second-order valence-corrected chi connectivity index (χ2v) is 8.15. The number of carbonyl (C=O) groups is 1. The molecule has 0 saturated carbocycles. The lowest BCUT2D eigenvalue weighted by Gasteiger charge is -2.41. The fourth-order valence-corrected chi connectivity index (χ4v) is 3.71. The fourth-order valence-electron chi connectivity index (χ4n) is 3.18. The molecule has 0 aliphatic carbocycles. The lowest BCUT2D eigenvalue weighted by molar-refractivity contribution is -0.944. The Bertz CT molecular complexity index is 666. The van der Waals surface area contributed by atoms with Crippen LogP contribution in [0.2, 0.25) is 0 Å². The molecule has 0 bridgehead atoms. The van der Waals surface area contributed by atoms with Crippen LogP contribution in [0.3, 0.4) is 0 Å². The van der Waals surface area contributed by atoms with Gasteiger partial charge in [-0.3, -0.25) is 4.48 Å². The van der Waals surface area contributed by atoms with Crippen molar-refractivity contribution in [2.24, 2.45) is 0 Å². The second kappa shape index (κ2) is 10.8. The molecular weight excluding hydrogens is 380 g/mol. The number of hydrogen-bond donors (Lipinski definition) is 2. The number of quaternary nitrogens is 2. The van der Waals surface area contributed by atoms with Gasteiger partial charge in [-0.15, -0.1) is 4.37 Å². The summed E-state index contributed by atoms with van der Waals surface area (Å²) in [6.07, 6.45) is 7.27. The van der Waals surface area contributed by atoms with Gasteiger partial charge < -0.3 is 20.3 Å². The molecule has 2 heterocycles. The number of rotatable bonds is 11. The number of unbranched alkanes of at least 4 members (excludes halogenated alkanes) is 3. The van der Waals surface area contributed by atoms with Gasteiger partial charge in [0, 0.05) is 18.9 Å². The number of esters is 1. The first-order chi connectivity index (χ1) is 13.4. The summed E-state index contributed by atoms with van der Waals surface area (Å²) in [5, 5.41) is 9.10. The summed E-state index contributed by atoms with van der Waals surface area (Å²) < 4.78 is 20.8. The van der Waals surface area contributed by atoms with Crippen molar-refractivity contribution in [2.75, 3.05) is 33.4 Å². The third-order valence-corrected chi connectivity index (χ3v) is 5.79. The highest BCUT2D eigenvalue weighted by molar-refractivity contribution is 6.99. The van der Waals surface area contributed by atoms with E-state index in [9.17, 15) is 4.79 Å². The third kappa shape index (κ3) is 5.97. The molecular formula is C19H34N4O4S+2. The zero-order chi connectivity index (χ0) is 20.6. The SMILES string of the molecule is CCCCCCOc1nsnc1C1=CCC[N+](C)([C@H](C)OC(=O)[C@@H]([NH3+])CO)C1. The zero-order valence-electron chi connectivity index (χ0n) is 17.2. The van der Waals surface area contributed by atoms with Gasteiger partial charge in [-0.1, -0.05) is 32.3 Å². The molecule has 28 heavy (non-hydrogen) atoms. The Balaban J connectivity index is 2.00. The average molecular weight is 415 g/mol. The second-order valence-electron chi connectivity index (χ2n) is 7.62. The minimum absolute atomic E-state index is 0.316. The van der Waals surface area contributed by atoms with Crippen molar-refractivity contribution in [3.63, 3.8) is 0 Å². The Hall–Kier alpha value is -1.55. The molecule has 0 spiro atoms. The van der Waals surface area contributed by atoms with Crippen LogP contribution in [0.4, 0.5) is 0 Å². The van der Waals surface area contributed by atoms with Crippen molar-refractivity contribution in [1.29, 1.82) is 0 Å². The molecule has 0 amide bonds. The molecule has 8 nitrogen and oxygen atoms in total. The van der Waals surface area contributed by atoms with Crippen molar-refractivity contribution in [3.8, 4) is 5.88 Å². The molecule has 1 aromatic rings. The van der Waals surface area contributed by atoms with Crippen LogP contribution in [0.15, 0.2) is 6.08 Å². The van der Waals surface area contributed by atoms with E-state index in [1.807, 2.05) is 6.92 Å². The van der Waals surface area contributed by atoms with E-state index in [0.717, 1.165) is 48.8 Å². The van der Waals surface area contributed by atoms with Crippen LogP contribution in [0.25, 0.3) is 5.57 Å². The number of carbonyl (C=O) groups excluding carboxylic acids is 1. The van der Waals surface area contributed by atoms with Crippen molar-refractivity contribution in [2.45, 2.75) is 58.2 Å². The summed E-state index contributed by atoms with van der Waals surface area (Å²) in [5.41, 5.74) is 5.49. The third-order valence-electron chi connectivity index (χ3n) is 5.28. The van der Waals surface area contributed by atoms with Crippen LogP contribution in [-0.2, 0) is 9.53 Å². The highest BCUT2D eigenvalue weighted by Gasteiger charge is 2.37. The molecule has 1 aromatic heterocycles. The highest BCUT2D eigenvalue weighted by Crippen LogP contribution is 2.31. The van der Waals surface area contributed by atoms with E-state index in [1.54, 1.807) is 0 Å². The molecule has 3 atom stereocenters. The predicted molar refractivity (Wildman–Crippen MR) is 107 cm³/mol. The first kappa shape index (κ1) is 22.7. The van der Waals surface area contributed by atoms with Gasteiger partial charge in [0.25, 0.3) is 5.88 Å². The molecule has 4 N–H and O–H groups in total. The van der Waals surface area contributed by atoms with E-state index in [2.05, 4.69) is 34.5 Å². The average Bonchev–Trinajstić information content (AvgIpc) is 3.15. The van der Waals surface area contributed by atoms with Crippen LogP contribution in [0, 0.1) is 0 Å². The fraction of sp³-hybridized carbons (Fsp3) is 0.737. The highest BCUT2D eigenvalue weighted by atomic mass is 32.1. The van der Waals surface area contributed by atoms with Gasteiger partial charge in [-0.25, -0.2) is 4.79 Å². The van der Waals surface area contributed by atoms with Crippen LogP contribution in [-0.4, -0.2) is 69.9 Å². The molecule has 0 fully saturated rings. The van der Waals surface area contributed by atoms with Crippen LogP contribution >= 0.6 is 11.7 Å². The van der Waals surface area contributed by atoms with Crippen molar-refractivity contribution in [3.05, 3.63) is 11.8 Å². The van der Waals surface area contributed by atoms with Crippen molar-refractivity contribution < 1.29 is 29.6 Å². The quantitative estimate of drug-likeness (QED) is 0.320. The number of aliphatic hydroxyl groups excluding tert-OH is 1. The minimum Gasteiger partial charge on any atom is -0.475 e. The van der Waals surface area contributed by atoms with Gasteiger partial charge in [0.15, 0.2) is 0 Å². The first-order valence-electron chi connectivity index (χ1n) is 10.0. The van der Waals surface area contributed by atoms with Crippen molar-refractivity contribution in [1.82, 2.24) is 8.75 Å². The zero-order valence-corrected chi connectivity index (χ0v) is 18.0. The summed E-state index contributed by atoms with van der Waals surface area (Å²) in [6, 6.07) is -0.760. The number of aliphatic hydroxyl groups is 1. The minimum atomic E-state index is -0.760. The molecule has 9 heteroatoms. The number of nitrogens with zero attached hydrogens (tertiary/aromatic N) is 3. The molecule has 0 saturated heterocycles. The van der Waals surface area contributed by atoms with E-state index in [-0.39, 0.29) is 12.8 Å². The van der Waals surface area contributed by atoms with Gasteiger partial charge in [-0.2, -0.15) is 4.37 Å². The molecule has 158 valence electrons. The Morgan fingerprint density at radius 3 is 2.89 bits per heavy atom. The molecule has 1 aliphatic heterocycles. The lowest BCUT2D eigenvalue weighted by atomic mass is 10.0. The van der Waals surface area contributed by atoms with Gasteiger partial charge in [-0.05, 0) is 6.42 Å². The van der Waals surface area contributed by atoms with E-state index in [4.69, 9.17) is 14.6 Å². The standard InChI is InChI=1S/C19H33N4O4S/c1-4-5-6-7-11-26-18-17(21-28-22-18)15-9-8-10-23(3,12-15)14(2)27-19(25)16(20)13-24/h9,14,16,24H,4-8,10-13,20H2,1-3H3/q+1/p+1/t14-,16-,23?/m0/s1. The Morgan fingerprint density at radius 2 is 2.18 bits per heavy atom. The maximum Gasteiger partial charge on any atom is 0.371 e. The predicted octanol–water partition coefficient (Wildman–Crippen LogP) is 1.22. The summed E-state index contributed by atoms with van der Waals surface area (Å²) in [6.45, 7) is 5.93. The topological polar surface area (TPSA) is 109 Å². The van der Waals surface area contributed by atoms with Gasteiger partial charge in [0.05, 0.1) is 31.9 Å². The van der Waals surface area contributed by atoms with E-state index in [1.165, 1.54) is 12.8 Å². The number of hydrogen-bond acceptors (Lipinski definition) is 7. The normalized spacial score (nSPS) is 21.7. The largest absolute Gasteiger partial charge is 0.475 e. The Morgan fingerprint density at radius 1 is 1.39 bits per heavy atom. The van der Waals surface area contributed by atoms with E-state index < -0.39 is 12.0 Å². The van der Waals surface area contributed by atoms with Gasteiger partial charge >= 0.3 is 5.97 Å². The smallest absolute Gasteiger partial charge is 0.371 e. The number of aromatic nitrogens is 2. The molecule has 0 aromatic carbocycles. The van der Waals surface area contributed by atoms with E-state index >= 15 is 0 Å². The number of likely N-dealkylation sites (N-methyl/N-ethyl adjacent to an activating group) is 1. The summed E-state index contributed by atoms with van der Waals surface area (Å²) >= 11 is 1.16. The molecule has 0 radical (unpaired) electrons. The number of ether oxygens (including phenoxy) is 2. The Labute approximate surface area is 171 Å². The monoisotopic (exact) mass is 414 g/mol. The van der Waals surface area contributed by atoms with Gasteiger partial charge in [0.1, 0.15) is 18.8 Å². The van der Waals surface area contributed by atoms with Crippen LogP contribution < -0.4 is 10.5 Å². The maximum atomic E-state index is 12.0. The van der Waals surface area contributed by atoms with Crippen LogP contribution in [0.1, 0.15) is 51.6 Å². The molecule has 1 unspecified atom stereocenters. The summed E-state index contributed by atoms with van der Waals surface area (Å²) in [4.78, 5) is 12.0. The summed E-state index contributed by atoms with van der Waals surface area (Å²) in [7, 11) is 2.06. The maximum absolute atomic E-state index is 12.0. The van der Waals surface area contributed by atoms with Crippen LogP contribution in [0.5, 0.6) is 5.88 Å². The molecule has 1 aliphatic rings. The first-order valence-corrected chi connectivity index (χ1v) is 10.8. The lowest BCUT2D eigenvalue weighted by Crippen LogP contribution is -2.68. The van der Waals surface area contributed by atoms with Crippen molar-refractivity contribution >= 4 is 23.3 Å². The van der Waals surface area contributed by atoms with Gasteiger partial charge in [0.2, 0.25) is 12.3 Å². The summed E-state index contributed by atoms with van der Waals surface area (Å²) in [5.74, 6) is 0.126.